The number of fused-ring (bicyclic) bond motifs is 1. The molecule has 0 aliphatic carbocycles. The monoisotopic (exact) mass is 479 g/mol. The molecule has 4 aromatic rings. The summed E-state index contributed by atoms with van der Waals surface area (Å²) in [6, 6.07) is 10.4. The molecular weight excluding hydrogens is 446 g/mol. The van der Waals surface area contributed by atoms with Crippen LogP contribution in [0.15, 0.2) is 30.3 Å². The normalized spacial score (nSPS) is 12.6. The van der Waals surface area contributed by atoms with E-state index in [9.17, 15) is 0 Å². The van der Waals surface area contributed by atoms with E-state index in [1.54, 1.807) is 30.2 Å². The molecule has 0 saturated carbocycles. The lowest BCUT2D eigenvalue weighted by molar-refractivity contribution is 0.205. The number of aromatic nitrogens is 4. The number of nitrogens with zero attached hydrogens (tertiary/aromatic N) is 5. The molecule has 8 heteroatoms. The minimum absolute atomic E-state index is 0.149. The summed E-state index contributed by atoms with van der Waals surface area (Å²) >= 11 is 1.76. The average molecular weight is 480 g/mol. The molecule has 7 nitrogen and oxygen atoms in total. The Bertz CT molecular complexity index is 1340. The van der Waals surface area contributed by atoms with Gasteiger partial charge in [-0.1, -0.05) is 32.4 Å². The van der Waals surface area contributed by atoms with E-state index in [0.29, 0.717) is 12.4 Å². The Kier molecular flexibility index (Phi) is 6.91. The van der Waals surface area contributed by atoms with Gasteiger partial charge in [0.2, 0.25) is 0 Å². The van der Waals surface area contributed by atoms with E-state index in [0.717, 1.165) is 51.4 Å². The van der Waals surface area contributed by atoms with Crippen LogP contribution < -0.4 is 14.9 Å². The number of anilines is 1. The van der Waals surface area contributed by atoms with Crippen molar-refractivity contribution in [2.24, 2.45) is 0 Å². The highest BCUT2D eigenvalue weighted by Gasteiger charge is 2.24. The first-order chi connectivity index (χ1) is 16.2. The summed E-state index contributed by atoms with van der Waals surface area (Å²) < 4.78 is 12.5. The molecule has 0 unspecified atom stereocenters. The molecule has 3 aromatic heterocycles. The summed E-state index contributed by atoms with van der Waals surface area (Å²) in [7, 11) is 3.40. The molecule has 0 amide bonds. The Hall–Kier alpha value is -2.97. The third kappa shape index (κ3) is 4.79. The van der Waals surface area contributed by atoms with Crippen molar-refractivity contribution in [3.05, 3.63) is 51.7 Å². The van der Waals surface area contributed by atoms with Crippen molar-refractivity contribution in [2.45, 2.75) is 40.0 Å². The predicted molar refractivity (Wildman–Crippen MR) is 139 cm³/mol. The Labute approximate surface area is 205 Å². The Morgan fingerprint density at radius 2 is 1.91 bits per heavy atom. The van der Waals surface area contributed by atoms with E-state index in [2.05, 4.69) is 57.7 Å². The number of methoxy groups -OCH3 is 2. The summed E-state index contributed by atoms with van der Waals surface area (Å²) in [5.41, 5.74) is 3.58. The van der Waals surface area contributed by atoms with Crippen molar-refractivity contribution in [2.75, 3.05) is 38.8 Å². The molecule has 0 atom stereocenters. The molecule has 0 radical (unpaired) electrons. The van der Waals surface area contributed by atoms with Crippen LogP contribution in [0.4, 0.5) is 5.00 Å². The number of ether oxygens (including phenoxy) is 2. The lowest BCUT2D eigenvalue weighted by atomic mass is 9.91. The van der Waals surface area contributed by atoms with Gasteiger partial charge in [0.05, 0.1) is 30.0 Å². The highest BCUT2D eigenvalue weighted by molar-refractivity contribution is 7.16. The molecule has 0 N–H and O–H groups in total. The molecule has 180 valence electrons. The van der Waals surface area contributed by atoms with Crippen molar-refractivity contribution in [1.29, 1.82) is 0 Å². The van der Waals surface area contributed by atoms with Crippen molar-refractivity contribution in [3.63, 3.8) is 0 Å². The van der Waals surface area contributed by atoms with Crippen LogP contribution in [0, 0.1) is 6.92 Å². The van der Waals surface area contributed by atoms with Gasteiger partial charge in [0.25, 0.3) is 0 Å². The van der Waals surface area contributed by atoms with E-state index >= 15 is 0 Å². The molecule has 0 saturated heterocycles. The van der Waals surface area contributed by atoms with Crippen LogP contribution >= 0.6 is 11.3 Å². The zero-order valence-electron chi connectivity index (χ0n) is 21.0. The first-order valence-corrected chi connectivity index (χ1v) is 12.3. The second-order valence-corrected chi connectivity index (χ2v) is 10.5. The molecular formula is C26H33N5O2S. The minimum Gasteiger partial charge on any atom is -0.496 e. The summed E-state index contributed by atoms with van der Waals surface area (Å²) in [4.78, 5) is 8.40. The van der Waals surface area contributed by atoms with Crippen LogP contribution in [-0.2, 0) is 10.2 Å². The fourth-order valence-corrected chi connectivity index (χ4v) is 4.99. The maximum absolute atomic E-state index is 5.57. The standard InChI is InChI=1S/C26H33N5O2S/c1-8-30(13-14-32-6)22-12-10-18(34-22)16-20-23(26(3,4)5)28-31-25(20)27-24(29-31)19-15-17(2)9-11-21(19)33-7/h9-12,15-16H,8,13-14H2,1-7H3/b20-16-. The SMILES string of the molecule is CCN(CCOC)c1ccc(/C=c2/c(C(C)(C)C)nn3nc(-c4cc(C)ccc4OC)nc23)s1. The van der Waals surface area contributed by atoms with Crippen LogP contribution in [0.3, 0.4) is 0 Å². The lowest BCUT2D eigenvalue weighted by Gasteiger charge is -2.20. The predicted octanol–water partition coefficient (Wildman–Crippen LogP) is 4.49. The van der Waals surface area contributed by atoms with Gasteiger partial charge >= 0.3 is 0 Å². The smallest absolute Gasteiger partial charge is 0.187 e. The highest BCUT2D eigenvalue weighted by Crippen LogP contribution is 2.30. The summed E-state index contributed by atoms with van der Waals surface area (Å²) in [5, 5.41) is 11.8. The summed E-state index contributed by atoms with van der Waals surface area (Å²) in [6.07, 6.45) is 2.19. The van der Waals surface area contributed by atoms with E-state index in [1.807, 2.05) is 18.2 Å². The molecule has 34 heavy (non-hydrogen) atoms. The second-order valence-electron chi connectivity index (χ2n) is 9.36. The topological polar surface area (TPSA) is 64.8 Å². The molecule has 0 spiro atoms. The van der Waals surface area contributed by atoms with E-state index < -0.39 is 0 Å². The number of aryl methyl sites for hydroxylation is 1. The number of benzene rings is 1. The minimum atomic E-state index is -0.149. The average Bonchev–Trinajstić information content (AvgIpc) is 3.50. The molecule has 3 heterocycles. The molecule has 1 aromatic carbocycles. The lowest BCUT2D eigenvalue weighted by Crippen LogP contribution is -2.25. The fourth-order valence-electron chi connectivity index (χ4n) is 3.95. The Balaban J connectivity index is 1.83. The van der Waals surface area contributed by atoms with Crippen LogP contribution in [0.5, 0.6) is 5.75 Å². The van der Waals surface area contributed by atoms with Crippen molar-refractivity contribution in [1.82, 2.24) is 19.8 Å². The van der Waals surface area contributed by atoms with Gasteiger partial charge in [0, 0.05) is 35.7 Å². The quantitative estimate of drug-likeness (QED) is 0.371. The molecule has 0 bridgehead atoms. The first-order valence-electron chi connectivity index (χ1n) is 11.5. The van der Waals surface area contributed by atoms with Crippen LogP contribution in [0.2, 0.25) is 0 Å². The molecule has 0 fully saturated rings. The highest BCUT2D eigenvalue weighted by atomic mass is 32.1. The van der Waals surface area contributed by atoms with Gasteiger partial charge in [-0.3, -0.25) is 0 Å². The summed E-state index contributed by atoms with van der Waals surface area (Å²) in [6.45, 7) is 13.2. The second kappa shape index (κ2) is 9.72. The van der Waals surface area contributed by atoms with Gasteiger partial charge in [-0.05, 0) is 44.2 Å². The summed E-state index contributed by atoms with van der Waals surface area (Å²) in [5.74, 6) is 1.36. The molecule has 0 aliphatic rings. The fraction of sp³-hybridized carbons (Fsp3) is 0.423. The van der Waals surface area contributed by atoms with Gasteiger partial charge < -0.3 is 14.4 Å². The van der Waals surface area contributed by atoms with Gasteiger partial charge in [-0.15, -0.1) is 21.1 Å². The van der Waals surface area contributed by atoms with Crippen molar-refractivity contribution >= 4 is 28.1 Å². The molecule has 0 aliphatic heterocycles. The van der Waals surface area contributed by atoms with Crippen molar-refractivity contribution in [3.8, 4) is 17.1 Å². The number of hydrogen-bond donors (Lipinski definition) is 0. The number of hydrogen-bond acceptors (Lipinski definition) is 7. The molecule has 4 rings (SSSR count). The first kappa shape index (κ1) is 24.2. The van der Waals surface area contributed by atoms with Crippen LogP contribution in [0.25, 0.3) is 23.1 Å². The maximum Gasteiger partial charge on any atom is 0.187 e. The van der Waals surface area contributed by atoms with Crippen LogP contribution in [0.1, 0.15) is 43.8 Å². The van der Waals surface area contributed by atoms with Gasteiger partial charge in [0.15, 0.2) is 11.5 Å². The van der Waals surface area contributed by atoms with Gasteiger partial charge in [0.1, 0.15) is 5.75 Å². The van der Waals surface area contributed by atoms with E-state index in [1.165, 1.54) is 5.00 Å². The van der Waals surface area contributed by atoms with E-state index in [4.69, 9.17) is 24.7 Å². The zero-order valence-corrected chi connectivity index (χ0v) is 21.9. The third-order valence-corrected chi connectivity index (χ3v) is 6.84. The largest absolute Gasteiger partial charge is 0.496 e. The number of rotatable bonds is 8. The third-order valence-electron chi connectivity index (χ3n) is 5.75. The number of thiophene rings is 1. The van der Waals surface area contributed by atoms with Crippen molar-refractivity contribution < 1.29 is 9.47 Å². The van der Waals surface area contributed by atoms with Gasteiger partial charge in [-0.2, -0.15) is 5.10 Å². The maximum atomic E-state index is 5.57. The van der Waals surface area contributed by atoms with Crippen LogP contribution in [-0.4, -0.2) is 53.7 Å². The van der Waals surface area contributed by atoms with Gasteiger partial charge in [-0.25, -0.2) is 4.98 Å². The Morgan fingerprint density at radius 3 is 2.59 bits per heavy atom. The van der Waals surface area contributed by atoms with E-state index in [-0.39, 0.29) is 5.41 Å². The zero-order chi connectivity index (χ0) is 24.5. The Morgan fingerprint density at radius 1 is 1.12 bits per heavy atom. The number of likely N-dealkylation sites (N-methyl/N-ethyl adjacent to an activating group) is 1.